The first-order valence-electron chi connectivity index (χ1n) is 8.07. The lowest BCUT2D eigenvalue weighted by atomic mass is 9.79. The normalized spacial score (nSPS) is 18.5. The van der Waals surface area contributed by atoms with Gasteiger partial charge in [0.25, 0.3) is 12.3 Å². The van der Waals surface area contributed by atoms with E-state index in [0.29, 0.717) is 17.7 Å². The van der Waals surface area contributed by atoms with Crippen LogP contribution in [0.25, 0.3) is 0 Å². The molecule has 1 atom stereocenters. The lowest BCUT2D eigenvalue weighted by Crippen LogP contribution is -2.22. The fraction of sp³-hybridized carbons (Fsp3) is 0.444. The molecule has 0 radical (unpaired) electrons. The molecule has 7 heteroatoms. The Morgan fingerprint density at radius 3 is 2.72 bits per heavy atom. The van der Waals surface area contributed by atoms with Crippen molar-refractivity contribution in [2.24, 2.45) is 13.0 Å². The monoisotopic (exact) mass is 351 g/mol. The maximum Gasteiger partial charge on any atom is 0.282 e. The highest BCUT2D eigenvalue weighted by molar-refractivity contribution is 6.05. The Labute approximate surface area is 144 Å². The van der Waals surface area contributed by atoms with Gasteiger partial charge in [-0.2, -0.15) is 5.10 Å². The number of anilines is 1. The molecule has 0 saturated heterocycles. The lowest BCUT2D eigenvalue weighted by Gasteiger charge is -2.25. The maximum absolute atomic E-state index is 14.3. The van der Waals surface area contributed by atoms with Gasteiger partial charge in [-0.25, -0.2) is 13.2 Å². The van der Waals surface area contributed by atoms with Gasteiger partial charge in [0.15, 0.2) is 0 Å². The van der Waals surface area contributed by atoms with Crippen LogP contribution in [0.4, 0.5) is 18.9 Å². The Hall–Kier alpha value is -2.31. The number of aromatic nitrogens is 2. The van der Waals surface area contributed by atoms with Crippen LogP contribution in [0, 0.1) is 11.7 Å². The number of fused-ring (bicyclic) bond motifs is 1. The molecule has 1 heterocycles. The Balaban J connectivity index is 1.99. The minimum atomic E-state index is -2.85. The molecule has 1 aromatic heterocycles. The van der Waals surface area contributed by atoms with Gasteiger partial charge in [0, 0.05) is 18.9 Å². The zero-order valence-corrected chi connectivity index (χ0v) is 14.5. The van der Waals surface area contributed by atoms with Crippen LogP contribution in [0.15, 0.2) is 18.3 Å². The summed E-state index contributed by atoms with van der Waals surface area (Å²) in [6.45, 7) is 5.96. The number of rotatable bonds is 3. The lowest BCUT2D eigenvalue weighted by molar-refractivity contribution is 0.101. The van der Waals surface area contributed by atoms with Gasteiger partial charge in [-0.05, 0) is 41.0 Å². The minimum Gasteiger partial charge on any atom is -0.322 e. The molecule has 0 bridgehead atoms. The van der Waals surface area contributed by atoms with Crippen molar-refractivity contribution < 1.29 is 18.0 Å². The molecule has 3 rings (SSSR count). The molecule has 0 fully saturated rings. The van der Waals surface area contributed by atoms with E-state index in [1.165, 1.54) is 30.1 Å². The zero-order valence-electron chi connectivity index (χ0n) is 14.5. The van der Waals surface area contributed by atoms with Gasteiger partial charge in [-0.15, -0.1) is 0 Å². The second-order valence-corrected chi connectivity index (χ2v) is 7.13. The summed E-state index contributed by atoms with van der Waals surface area (Å²) in [4.78, 5) is 12.5. The van der Waals surface area contributed by atoms with Gasteiger partial charge in [0.2, 0.25) is 0 Å². The van der Waals surface area contributed by atoms with E-state index in [1.807, 2.05) is 20.8 Å². The molecule has 2 aromatic rings. The number of benzene rings is 1. The number of halogens is 3. The first kappa shape index (κ1) is 17.5. The molecule has 4 nitrogen and oxygen atoms in total. The summed E-state index contributed by atoms with van der Waals surface area (Å²) in [5, 5.41) is 6.30. The Morgan fingerprint density at radius 2 is 2.08 bits per heavy atom. The van der Waals surface area contributed by atoms with Crippen molar-refractivity contribution in [3.8, 4) is 0 Å². The predicted molar refractivity (Wildman–Crippen MR) is 88.4 cm³/mol. The van der Waals surface area contributed by atoms with Gasteiger partial charge < -0.3 is 5.32 Å². The van der Waals surface area contributed by atoms with Crippen molar-refractivity contribution >= 4 is 11.6 Å². The summed E-state index contributed by atoms with van der Waals surface area (Å²) < 4.78 is 41.6. The quantitative estimate of drug-likeness (QED) is 0.900. The number of aryl methyl sites for hydroxylation is 1. The molecule has 0 aliphatic heterocycles. The highest BCUT2D eigenvalue weighted by Gasteiger charge is 2.40. The average Bonchev–Trinajstić information content (AvgIpc) is 3.01. The van der Waals surface area contributed by atoms with E-state index >= 15 is 0 Å². The summed E-state index contributed by atoms with van der Waals surface area (Å²) in [5.41, 5.74) is 0.672. The van der Waals surface area contributed by atoms with Gasteiger partial charge in [-0.1, -0.05) is 20.8 Å². The third-order valence-electron chi connectivity index (χ3n) is 5.21. The van der Waals surface area contributed by atoms with E-state index in [0.717, 1.165) is 5.56 Å². The molecular formula is C18H20F3N3O. The van der Waals surface area contributed by atoms with Crippen molar-refractivity contribution in [2.75, 3.05) is 5.32 Å². The van der Waals surface area contributed by atoms with Gasteiger partial charge in [-0.3, -0.25) is 9.48 Å². The molecular weight excluding hydrogens is 331 g/mol. The van der Waals surface area contributed by atoms with Crippen molar-refractivity contribution in [1.82, 2.24) is 9.78 Å². The van der Waals surface area contributed by atoms with Crippen LogP contribution in [0.5, 0.6) is 0 Å². The molecule has 1 aliphatic carbocycles. The highest BCUT2D eigenvalue weighted by atomic mass is 19.3. The van der Waals surface area contributed by atoms with Crippen LogP contribution < -0.4 is 5.32 Å². The second kappa shape index (κ2) is 5.89. The topological polar surface area (TPSA) is 46.9 Å². The highest BCUT2D eigenvalue weighted by Crippen LogP contribution is 2.46. The Kier molecular flexibility index (Phi) is 4.13. The van der Waals surface area contributed by atoms with E-state index < -0.39 is 18.0 Å². The molecule has 0 saturated carbocycles. The number of hydrogen-bond acceptors (Lipinski definition) is 2. The number of alkyl halides is 2. The summed E-state index contributed by atoms with van der Waals surface area (Å²) in [6, 6.07) is 2.80. The third kappa shape index (κ3) is 2.81. The van der Waals surface area contributed by atoms with E-state index in [4.69, 9.17) is 0 Å². The van der Waals surface area contributed by atoms with Crippen LogP contribution in [-0.4, -0.2) is 15.7 Å². The van der Waals surface area contributed by atoms with Crippen molar-refractivity contribution in [1.29, 1.82) is 0 Å². The van der Waals surface area contributed by atoms with Gasteiger partial charge in [0.05, 0.1) is 5.56 Å². The van der Waals surface area contributed by atoms with Crippen molar-refractivity contribution in [3.05, 3.63) is 46.5 Å². The van der Waals surface area contributed by atoms with Gasteiger partial charge >= 0.3 is 0 Å². The van der Waals surface area contributed by atoms with E-state index in [2.05, 4.69) is 10.4 Å². The maximum atomic E-state index is 14.3. The number of carbonyl (C=O) groups is 1. The van der Waals surface area contributed by atoms with Gasteiger partial charge in [0.1, 0.15) is 11.5 Å². The van der Waals surface area contributed by atoms with E-state index in [9.17, 15) is 18.0 Å². The first-order valence-corrected chi connectivity index (χ1v) is 8.07. The summed E-state index contributed by atoms with van der Waals surface area (Å²) in [7, 11) is 1.47. The summed E-state index contributed by atoms with van der Waals surface area (Å²) in [6.07, 6.45) is -0.975. The number of nitrogens with one attached hydrogen (secondary N) is 1. The third-order valence-corrected chi connectivity index (χ3v) is 5.21. The fourth-order valence-corrected chi connectivity index (χ4v) is 3.48. The number of hydrogen-bond donors (Lipinski definition) is 1. The molecule has 1 aromatic carbocycles. The molecule has 1 unspecified atom stereocenters. The SMILES string of the molecule is CC1Cc2c(NC(=O)c3cn(C)nc3C(F)F)ccc(F)c2C1(C)C. The summed E-state index contributed by atoms with van der Waals surface area (Å²) >= 11 is 0. The van der Waals surface area contributed by atoms with Crippen LogP contribution in [0.3, 0.4) is 0 Å². The zero-order chi connectivity index (χ0) is 18.5. The second-order valence-electron chi connectivity index (χ2n) is 7.13. The Morgan fingerprint density at radius 1 is 1.40 bits per heavy atom. The number of carbonyl (C=O) groups excluding carboxylic acids is 1. The largest absolute Gasteiger partial charge is 0.322 e. The molecule has 25 heavy (non-hydrogen) atoms. The van der Waals surface area contributed by atoms with Crippen LogP contribution in [-0.2, 0) is 18.9 Å². The smallest absolute Gasteiger partial charge is 0.282 e. The molecule has 134 valence electrons. The molecule has 0 spiro atoms. The molecule has 1 aliphatic rings. The standard InChI is InChI=1S/C18H20F3N3O/c1-9-7-10-13(6-5-12(19)14(10)18(9,2)3)22-17(25)11-8-24(4)23-15(11)16(20)21/h5-6,8-9,16H,7H2,1-4H3,(H,22,25). The molecule has 1 N–H and O–H groups in total. The van der Waals surface area contributed by atoms with E-state index in [-0.39, 0.29) is 22.7 Å². The first-order chi connectivity index (χ1) is 11.6. The average molecular weight is 351 g/mol. The fourth-order valence-electron chi connectivity index (χ4n) is 3.48. The van der Waals surface area contributed by atoms with E-state index in [1.54, 1.807) is 0 Å². The Bertz CT molecular complexity index is 842. The van der Waals surface area contributed by atoms with Crippen molar-refractivity contribution in [3.63, 3.8) is 0 Å². The predicted octanol–water partition coefficient (Wildman–Crippen LogP) is 4.22. The number of nitrogens with zero attached hydrogens (tertiary/aromatic N) is 2. The van der Waals surface area contributed by atoms with Crippen LogP contribution in [0.1, 0.15) is 54.4 Å². The minimum absolute atomic E-state index is 0.180. The molecule has 1 amide bonds. The summed E-state index contributed by atoms with van der Waals surface area (Å²) in [5.74, 6) is -0.781. The van der Waals surface area contributed by atoms with Crippen LogP contribution in [0.2, 0.25) is 0 Å². The van der Waals surface area contributed by atoms with Crippen LogP contribution >= 0.6 is 0 Å². The van der Waals surface area contributed by atoms with Crippen molar-refractivity contribution in [2.45, 2.75) is 39.0 Å². The number of amides is 1.